The second-order valence-electron chi connectivity index (χ2n) is 12.3. The molecule has 0 aromatic heterocycles. The molecule has 10 heteroatoms. The van der Waals surface area contributed by atoms with Crippen LogP contribution >= 0.6 is 0 Å². The van der Waals surface area contributed by atoms with Crippen LogP contribution in [0.2, 0.25) is 5.04 Å². The largest absolute Gasteiger partial charge is 0.459 e. The Balaban J connectivity index is 0.00000185. The topological polar surface area (TPSA) is 122 Å². The van der Waals surface area contributed by atoms with Gasteiger partial charge in [0, 0.05) is 12.3 Å². The number of ether oxygens (including phenoxy) is 3. The van der Waals surface area contributed by atoms with Crippen molar-refractivity contribution in [2.45, 2.75) is 84.0 Å². The Labute approximate surface area is 271 Å². The Morgan fingerprint density at radius 1 is 0.761 bits per heavy atom. The van der Waals surface area contributed by atoms with Crippen LogP contribution in [0.15, 0.2) is 91.0 Å². The highest BCUT2D eigenvalue weighted by Crippen LogP contribution is 2.41. The van der Waals surface area contributed by atoms with Gasteiger partial charge in [-0.1, -0.05) is 107 Å². The highest BCUT2D eigenvalue weighted by Gasteiger charge is 2.56. The molecule has 1 fully saturated rings. The van der Waals surface area contributed by atoms with Crippen LogP contribution < -0.4 is 10.4 Å². The summed E-state index contributed by atoms with van der Waals surface area (Å²) < 4.78 is 25.8. The standard InChI is InChI=1S/C35H42O7Si.CO2/c1-24(36)22-23-30(37)40-31-25(2)32(41-33(38)27-16-10-7-11-17-27)34(39-26(31)3)42-43(35(4,5)6,28-18-12-8-13-19-28)29-20-14-9-15-21-29;2-1-3/h7-21,25-26,31-32,34H,22-23H2,1-6H3;/t25-,26?,31-,32?,34-;/m0./s1. The molecule has 0 amide bonds. The third-order valence-electron chi connectivity index (χ3n) is 8.03. The molecule has 0 saturated carbocycles. The SMILES string of the molecule is CC(=O)CCC(=O)O[C@@H]1C(C)O[C@@H](O[Si](c2ccccc2)(c2ccccc2)C(C)(C)C)C(OC(=O)c2ccccc2)[C@H]1C.O=C=O. The number of rotatable bonds is 10. The molecule has 3 aromatic carbocycles. The van der Waals surface area contributed by atoms with Gasteiger partial charge >= 0.3 is 18.1 Å². The van der Waals surface area contributed by atoms with Crippen LogP contribution in [0.3, 0.4) is 0 Å². The molecule has 0 bridgehead atoms. The van der Waals surface area contributed by atoms with E-state index in [1.54, 1.807) is 24.3 Å². The molecule has 4 rings (SSSR count). The first kappa shape index (κ1) is 36.3. The van der Waals surface area contributed by atoms with Gasteiger partial charge in [-0.2, -0.15) is 9.59 Å². The van der Waals surface area contributed by atoms with Crippen molar-refractivity contribution >= 4 is 42.6 Å². The summed E-state index contributed by atoms with van der Waals surface area (Å²) in [6.07, 6.45) is -2.80. The molecule has 0 aliphatic carbocycles. The second kappa shape index (κ2) is 16.4. The average molecular weight is 647 g/mol. The summed E-state index contributed by atoms with van der Waals surface area (Å²) in [5.74, 6) is -1.58. The van der Waals surface area contributed by atoms with Gasteiger partial charge in [0.1, 0.15) is 11.9 Å². The molecular weight excluding hydrogens is 604 g/mol. The molecule has 1 aliphatic rings. The van der Waals surface area contributed by atoms with Crippen LogP contribution in [0.4, 0.5) is 0 Å². The minimum Gasteiger partial charge on any atom is -0.459 e. The van der Waals surface area contributed by atoms with E-state index in [4.69, 9.17) is 28.2 Å². The third-order valence-corrected chi connectivity index (χ3v) is 13.0. The monoisotopic (exact) mass is 646 g/mol. The molecule has 0 N–H and O–H groups in total. The number of Topliss-reactive ketones (excluding diaryl/α,β-unsaturated/α-hetero) is 1. The number of benzene rings is 3. The van der Waals surface area contributed by atoms with Crippen molar-refractivity contribution in [1.29, 1.82) is 0 Å². The lowest BCUT2D eigenvalue weighted by Crippen LogP contribution is -2.70. The first-order valence-corrected chi connectivity index (χ1v) is 17.1. The number of esters is 2. The molecule has 1 heterocycles. The third kappa shape index (κ3) is 8.73. The average Bonchev–Trinajstić information content (AvgIpc) is 3.03. The highest BCUT2D eigenvalue weighted by molar-refractivity contribution is 6.99. The maximum atomic E-state index is 13.4. The van der Waals surface area contributed by atoms with Crippen LogP contribution in [0, 0.1) is 5.92 Å². The molecule has 3 aromatic rings. The maximum Gasteiger partial charge on any atom is 0.373 e. The van der Waals surface area contributed by atoms with Gasteiger partial charge in [0.25, 0.3) is 8.32 Å². The van der Waals surface area contributed by atoms with Crippen molar-refractivity contribution < 1.29 is 42.6 Å². The predicted octanol–water partition coefficient (Wildman–Crippen LogP) is 4.87. The van der Waals surface area contributed by atoms with E-state index >= 15 is 0 Å². The van der Waals surface area contributed by atoms with Crippen molar-refractivity contribution in [3.8, 4) is 0 Å². The van der Waals surface area contributed by atoms with Crippen LogP contribution in [-0.2, 0) is 37.8 Å². The lowest BCUT2D eigenvalue weighted by molar-refractivity contribution is -0.258. The summed E-state index contributed by atoms with van der Waals surface area (Å²) in [5, 5.41) is 1.77. The minimum atomic E-state index is -3.11. The molecule has 5 atom stereocenters. The van der Waals surface area contributed by atoms with Crippen LogP contribution in [0.1, 0.15) is 64.7 Å². The molecular formula is C36H42O9Si. The second-order valence-corrected chi connectivity index (χ2v) is 16.6. The zero-order valence-electron chi connectivity index (χ0n) is 27.1. The number of carbonyl (C=O) groups is 3. The van der Waals surface area contributed by atoms with Crippen LogP contribution in [0.25, 0.3) is 0 Å². The number of hydrogen-bond acceptors (Lipinski definition) is 9. The van der Waals surface area contributed by atoms with Crippen LogP contribution in [-0.4, -0.2) is 56.8 Å². The summed E-state index contributed by atoms with van der Waals surface area (Å²) >= 11 is 0. The Bertz CT molecular complexity index is 1430. The van der Waals surface area contributed by atoms with E-state index in [1.165, 1.54) is 6.92 Å². The number of carbonyl (C=O) groups excluding carboxylic acids is 5. The van der Waals surface area contributed by atoms with E-state index in [-0.39, 0.29) is 29.8 Å². The maximum absolute atomic E-state index is 13.4. The first-order chi connectivity index (χ1) is 21.8. The van der Waals surface area contributed by atoms with Gasteiger partial charge < -0.3 is 23.4 Å². The van der Waals surface area contributed by atoms with Crippen molar-refractivity contribution in [3.63, 3.8) is 0 Å². The van der Waals surface area contributed by atoms with Crippen molar-refractivity contribution in [2.75, 3.05) is 0 Å². The Hall–Kier alpha value is -4.21. The molecule has 0 spiro atoms. The Morgan fingerprint density at radius 2 is 1.24 bits per heavy atom. The van der Waals surface area contributed by atoms with E-state index in [9.17, 15) is 14.4 Å². The molecule has 244 valence electrons. The van der Waals surface area contributed by atoms with Gasteiger partial charge in [0.15, 0.2) is 12.4 Å². The predicted molar refractivity (Wildman–Crippen MR) is 173 cm³/mol. The van der Waals surface area contributed by atoms with E-state index in [0.717, 1.165) is 10.4 Å². The van der Waals surface area contributed by atoms with Crippen molar-refractivity contribution in [3.05, 3.63) is 96.6 Å². The van der Waals surface area contributed by atoms with E-state index in [1.807, 2.05) is 56.3 Å². The number of hydrogen-bond donors (Lipinski definition) is 0. The zero-order chi connectivity index (χ0) is 33.9. The Morgan fingerprint density at radius 3 is 1.70 bits per heavy atom. The number of ketones is 1. The molecule has 1 saturated heterocycles. The van der Waals surface area contributed by atoms with Gasteiger partial charge in [-0.15, -0.1) is 0 Å². The van der Waals surface area contributed by atoms with Gasteiger partial charge in [-0.3, -0.25) is 4.79 Å². The molecule has 9 nitrogen and oxygen atoms in total. The summed E-state index contributed by atoms with van der Waals surface area (Å²) in [4.78, 5) is 53.8. The van der Waals surface area contributed by atoms with Gasteiger partial charge in [0.05, 0.1) is 18.1 Å². The first-order valence-electron chi connectivity index (χ1n) is 15.2. The van der Waals surface area contributed by atoms with E-state index < -0.39 is 50.8 Å². The molecule has 2 unspecified atom stereocenters. The highest BCUT2D eigenvalue weighted by atomic mass is 28.4. The minimum absolute atomic E-state index is 0.0261. The van der Waals surface area contributed by atoms with E-state index in [2.05, 4.69) is 45.0 Å². The summed E-state index contributed by atoms with van der Waals surface area (Å²) in [5.41, 5.74) is 0.396. The summed E-state index contributed by atoms with van der Waals surface area (Å²) in [6, 6.07) is 29.1. The fourth-order valence-electron chi connectivity index (χ4n) is 5.81. The Kier molecular flexibility index (Phi) is 12.9. The quantitative estimate of drug-likeness (QED) is 0.224. The van der Waals surface area contributed by atoms with Gasteiger partial charge in [-0.25, -0.2) is 4.79 Å². The van der Waals surface area contributed by atoms with Gasteiger partial charge in [0.2, 0.25) is 0 Å². The lowest BCUT2D eigenvalue weighted by Gasteiger charge is -2.50. The van der Waals surface area contributed by atoms with E-state index in [0.29, 0.717) is 5.56 Å². The normalized spacial score (nSPS) is 21.1. The smallest absolute Gasteiger partial charge is 0.373 e. The van der Waals surface area contributed by atoms with Gasteiger partial charge in [-0.05, 0) is 41.4 Å². The zero-order valence-corrected chi connectivity index (χ0v) is 28.1. The summed E-state index contributed by atoms with van der Waals surface area (Å²) in [7, 11) is -3.11. The lowest BCUT2D eigenvalue weighted by atomic mass is 9.90. The fraction of sp³-hybridized carbons (Fsp3) is 0.389. The van der Waals surface area contributed by atoms with Crippen LogP contribution in [0.5, 0.6) is 0 Å². The molecule has 46 heavy (non-hydrogen) atoms. The summed E-state index contributed by atoms with van der Waals surface area (Å²) in [6.45, 7) is 11.6. The van der Waals surface area contributed by atoms with Crippen molar-refractivity contribution in [2.24, 2.45) is 5.92 Å². The van der Waals surface area contributed by atoms with Crippen molar-refractivity contribution in [1.82, 2.24) is 0 Å². The fourth-order valence-corrected chi connectivity index (χ4v) is 10.4. The molecule has 0 radical (unpaired) electrons. The molecule has 1 aliphatic heterocycles.